The molecule has 112 valence electrons. The van der Waals surface area contributed by atoms with Gasteiger partial charge in [0.1, 0.15) is 5.82 Å². The molecule has 0 saturated carbocycles. The SMILES string of the molecule is NSc1cc(Cl)c(F)cc1NSCCc1ccc(Cl)cc1. The topological polar surface area (TPSA) is 38.0 Å². The van der Waals surface area contributed by atoms with Gasteiger partial charge >= 0.3 is 0 Å². The molecule has 0 bridgehead atoms. The first-order chi connectivity index (χ1) is 10.1. The first-order valence-corrected chi connectivity index (χ1v) is 8.70. The summed E-state index contributed by atoms with van der Waals surface area (Å²) in [6, 6.07) is 10.6. The van der Waals surface area contributed by atoms with Crippen molar-refractivity contribution in [2.45, 2.75) is 11.3 Å². The van der Waals surface area contributed by atoms with E-state index in [4.69, 9.17) is 28.3 Å². The number of aryl methyl sites for hydroxylation is 1. The van der Waals surface area contributed by atoms with Crippen LogP contribution in [0.5, 0.6) is 0 Å². The van der Waals surface area contributed by atoms with E-state index in [0.717, 1.165) is 29.1 Å². The van der Waals surface area contributed by atoms with E-state index in [1.807, 2.05) is 24.3 Å². The second-order valence-electron chi connectivity index (χ2n) is 4.21. The van der Waals surface area contributed by atoms with Crippen molar-refractivity contribution in [2.24, 2.45) is 5.14 Å². The van der Waals surface area contributed by atoms with Crippen molar-refractivity contribution in [3.63, 3.8) is 0 Å². The number of nitrogens with one attached hydrogen (secondary N) is 1. The lowest BCUT2D eigenvalue weighted by Gasteiger charge is -2.10. The van der Waals surface area contributed by atoms with Crippen LogP contribution >= 0.6 is 47.1 Å². The van der Waals surface area contributed by atoms with Crippen LogP contribution in [-0.2, 0) is 6.42 Å². The predicted molar refractivity (Wildman–Crippen MR) is 92.7 cm³/mol. The van der Waals surface area contributed by atoms with Gasteiger partial charge in [-0.05, 0) is 42.1 Å². The number of hydrogen-bond acceptors (Lipinski definition) is 4. The lowest BCUT2D eigenvalue weighted by atomic mass is 10.2. The second-order valence-corrected chi connectivity index (χ2v) is 6.63. The summed E-state index contributed by atoms with van der Waals surface area (Å²) in [5, 5.41) is 6.35. The van der Waals surface area contributed by atoms with Crippen molar-refractivity contribution in [3.05, 3.63) is 57.8 Å². The van der Waals surface area contributed by atoms with E-state index >= 15 is 0 Å². The molecule has 7 heteroatoms. The van der Waals surface area contributed by atoms with E-state index in [-0.39, 0.29) is 5.02 Å². The quantitative estimate of drug-likeness (QED) is 0.532. The molecule has 0 aromatic heterocycles. The van der Waals surface area contributed by atoms with E-state index in [1.165, 1.54) is 29.6 Å². The van der Waals surface area contributed by atoms with Gasteiger partial charge < -0.3 is 4.72 Å². The smallest absolute Gasteiger partial charge is 0.143 e. The molecule has 0 unspecified atom stereocenters. The summed E-state index contributed by atoms with van der Waals surface area (Å²) in [4.78, 5) is 0.709. The van der Waals surface area contributed by atoms with Gasteiger partial charge in [-0.3, -0.25) is 5.14 Å². The zero-order valence-electron chi connectivity index (χ0n) is 10.9. The van der Waals surface area contributed by atoms with Crippen molar-refractivity contribution < 1.29 is 4.39 Å². The van der Waals surface area contributed by atoms with Crippen molar-refractivity contribution in [1.29, 1.82) is 0 Å². The van der Waals surface area contributed by atoms with Gasteiger partial charge in [-0.2, -0.15) is 0 Å². The molecule has 0 aliphatic carbocycles. The molecule has 0 radical (unpaired) electrons. The van der Waals surface area contributed by atoms with Crippen LogP contribution in [0.25, 0.3) is 0 Å². The van der Waals surface area contributed by atoms with Gasteiger partial charge in [0, 0.05) is 21.7 Å². The van der Waals surface area contributed by atoms with Crippen molar-refractivity contribution in [2.75, 3.05) is 10.5 Å². The summed E-state index contributed by atoms with van der Waals surface area (Å²) >= 11 is 14.1. The number of rotatable bonds is 6. The largest absolute Gasteiger partial charge is 0.329 e. The Morgan fingerprint density at radius 3 is 2.52 bits per heavy atom. The molecule has 3 N–H and O–H groups in total. The first-order valence-electron chi connectivity index (χ1n) is 6.08. The Morgan fingerprint density at radius 1 is 1.14 bits per heavy atom. The minimum atomic E-state index is -0.463. The van der Waals surface area contributed by atoms with E-state index in [9.17, 15) is 4.39 Å². The van der Waals surface area contributed by atoms with Crippen LogP contribution in [-0.4, -0.2) is 5.75 Å². The van der Waals surface area contributed by atoms with Crippen LogP contribution in [0.4, 0.5) is 10.1 Å². The minimum Gasteiger partial charge on any atom is -0.329 e. The zero-order valence-corrected chi connectivity index (χ0v) is 14.1. The number of hydrogen-bond donors (Lipinski definition) is 2. The summed E-state index contributed by atoms with van der Waals surface area (Å²) < 4.78 is 16.6. The van der Waals surface area contributed by atoms with E-state index in [1.54, 1.807) is 0 Å². The molecular weight excluding hydrogens is 350 g/mol. The molecule has 2 aromatic carbocycles. The van der Waals surface area contributed by atoms with Crippen LogP contribution in [0.2, 0.25) is 10.0 Å². The molecule has 2 nitrogen and oxygen atoms in total. The Balaban J connectivity index is 1.88. The molecule has 0 atom stereocenters. The van der Waals surface area contributed by atoms with Crippen molar-refractivity contribution in [1.82, 2.24) is 0 Å². The average molecular weight is 363 g/mol. The third-order valence-electron chi connectivity index (χ3n) is 2.74. The number of nitrogens with two attached hydrogens (primary N) is 1. The number of anilines is 1. The molecule has 2 rings (SSSR count). The average Bonchev–Trinajstić information content (AvgIpc) is 2.48. The zero-order chi connectivity index (χ0) is 15.2. The lowest BCUT2D eigenvalue weighted by Crippen LogP contribution is -1.97. The van der Waals surface area contributed by atoms with Crippen molar-refractivity contribution in [3.8, 4) is 0 Å². The molecule has 0 aliphatic heterocycles. The Morgan fingerprint density at radius 2 is 1.86 bits per heavy atom. The Bertz CT molecular complexity index is 609. The minimum absolute atomic E-state index is 0.0691. The maximum Gasteiger partial charge on any atom is 0.143 e. The summed E-state index contributed by atoms with van der Waals surface area (Å²) in [5.41, 5.74) is 1.83. The molecule has 0 heterocycles. The second kappa shape index (κ2) is 8.15. The maximum atomic E-state index is 13.5. The molecular formula is C14H13Cl2FN2S2. The molecule has 0 amide bonds. The van der Waals surface area contributed by atoms with Gasteiger partial charge in [0.25, 0.3) is 0 Å². The third kappa shape index (κ3) is 4.97. The van der Waals surface area contributed by atoms with Gasteiger partial charge in [-0.15, -0.1) is 0 Å². The highest BCUT2D eigenvalue weighted by atomic mass is 35.5. The summed E-state index contributed by atoms with van der Waals surface area (Å²) in [6.45, 7) is 0. The van der Waals surface area contributed by atoms with Crippen LogP contribution in [0.3, 0.4) is 0 Å². The Kier molecular flexibility index (Phi) is 6.51. The van der Waals surface area contributed by atoms with Gasteiger partial charge in [0.2, 0.25) is 0 Å². The monoisotopic (exact) mass is 362 g/mol. The van der Waals surface area contributed by atoms with E-state index < -0.39 is 5.82 Å². The van der Waals surface area contributed by atoms with Gasteiger partial charge in [-0.25, -0.2) is 4.39 Å². The Hall–Kier alpha value is -0.590. The van der Waals surface area contributed by atoms with Crippen LogP contribution in [0.15, 0.2) is 41.3 Å². The lowest BCUT2D eigenvalue weighted by molar-refractivity contribution is 0.628. The van der Waals surface area contributed by atoms with E-state index in [2.05, 4.69) is 4.72 Å². The number of benzene rings is 2. The first kappa shape index (κ1) is 16.8. The van der Waals surface area contributed by atoms with Gasteiger partial charge in [-0.1, -0.05) is 47.3 Å². The Labute approximate surface area is 141 Å². The highest BCUT2D eigenvalue weighted by Gasteiger charge is 2.08. The number of halogens is 3. The fraction of sp³-hybridized carbons (Fsp3) is 0.143. The summed E-state index contributed by atoms with van der Waals surface area (Å²) in [5.74, 6) is 0.371. The molecule has 0 saturated heterocycles. The molecule has 2 aromatic rings. The van der Waals surface area contributed by atoms with Gasteiger partial charge in [0.15, 0.2) is 0 Å². The van der Waals surface area contributed by atoms with E-state index in [0.29, 0.717) is 10.6 Å². The standard InChI is InChI=1S/C14H13Cl2FN2S2/c15-10-3-1-9(2-4-10)5-6-20-19-13-8-12(17)11(16)7-14(13)21-18/h1-4,7-8,19H,5-6,18H2. The fourth-order valence-corrected chi connectivity index (χ4v) is 3.26. The fourth-order valence-electron chi connectivity index (χ4n) is 1.65. The highest BCUT2D eigenvalue weighted by molar-refractivity contribution is 8.00. The third-order valence-corrected chi connectivity index (χ3v) is 4.64. The highest BCUT2D eigenvalue weighted by Crippen LogP contribution is 2.31. The van der Waals surface area contributed by atoms with Gasteiger partial charge in [0.05, 0.1) is 10.7 Å². The predicted octanol–water partition coefficient (Wildman–Crippen LogP) is 5.40. The maximum absolute atomic E-state index is 13.5. The molecule has 0 spiro atoms. The summed E-state index contributed by atoms with van der Waals surface area (Å²) in [7, 11) is 0. The molecule has 21 heavy (non-hydrogen) atoms. The van der Waals surface area contributed by atoms with Crippen molar-refractivity contribution >= 4 is 52.8 Å². The van der Waals surface area contributed by atoms with Crippen LogP contribution in [0.1, 0.15) is 5.56 Å². The summed E-state index contributed by atoms with van der Waals surface area (Å²) in [6.07, 6.45) is 0.885. The molecule has 0 aliphatic rings. The van der Waals surface area contributed by atoms with Crippen LogP contribution in [0, 0.1) is 5.82 Å². The van der Waals surface area contributed by atoms with Crippen LogP contribution < -0.4 is 9.86 Å². The molecule has 0 fully saturated rings. The normalized spacial score (nSPS) is 10.7.